The van der Waals surface area contributed by atoms with Crippen LogP contribution in [0.2, 0.25) is 0 Å². The molecule has 1 heterocycles. The SMILES string of the molecule is Cc1c(C(=O)C(Cl)(Cl)Cl)oc2cccc(O)c12. The number of alkyl halides is 3. The monoisotopic (exact) mass is 292 g/mol. The molecule has 1 aromatic heterocycles. The molecular weight excluding hydrogens is 286 g/mol. The van der Waals surface area contributed by atoms with Gasteiger partial charge in [-0.25, -0.2) is 0 Å². The first-order chi connectivity index (χ1) is 7.82. The zero-order valence-electron chi connectivity index (χ0n) is 8.63. The molecule has 0 radical (unpaired) electrons. The molecule has 90 valence electrons. The predicted molar refractivity (Wildman–Crippen MR) is 67.2 cm³/mol. The summed E-state index contributed by atoms with van der Waals surface area (Å²) in [5.41, 5.74) is 0.828. The quantitative estimate of drug-likeness (QED) is 0.638. The molecule has 0 aliphatic carbocycles. The number of fused-ring (bicyclic) bond motifs is 1. The number of benzene rings is 1. The molecule has 0 spiro atoms. The zero-order valence-corrected chi connectivity index (χ0v) is 10.9. The Balaban J connectivity index is 2.69. The third-order valence-corrected chi connectivity index (χ3v) is 2.91. The van der Waals surface area contributed by atoms with E-state index < -0.39 is 9.58 Å². The lowest BCUT2D eigenvalue weighted by atomic mass is 10.1. The average Bonchev–Trinajstić information content (AvgIpc) is 2.55. The van der Waals surface area contributed by atoms with Crippen molar-refractivity contribution >= 4 is 51.6 Å². The summed E-state index contributed by atoms with van der Waals surface area (Å²) in [5.74, 6) is -0.788. The van der Waals surface area contributed by atoms with Crippen molar-refractivity contribution in [1.29, 1.82) is 0 Å². The molecule has 0 saturated carbocycles. The number of halogens is 3. The molecule has 0 bridgehead atoms. The van der Waals surface area contributed by atoms with Crippen LogP contribution in [0.4, 0.5) is 0 Å². The maximum absolute atomic E-state index is 11.8. The van der Waals surface area contributed by atoms with Crippen LogP contribution in [0, 0.1) is 6.92 Å². The molecule has 1 aromatic carbocycles. The Morgan fingerprint density at radius 3 is 2.53 bits per heavy atom. The molecule has 6 heteroatoms. The van der Waals surface area contributed by atoms with Gasteiger partial charge in [0.2, 0.25) is 5.78 Å². The van der Waals surface area contributed by atoms with E-state index in [0.717, 1.165) is 0 Å². The van der Waals surface area contributed by atoms with E-state index in [-0.39, 0.29) is 11.5 Å². The number of furan rings is 1. The van der Waals surface area contributed by atoms with Crippen molar-refractivity contribution in [2.45, 2.75) is 10.7 Å². The van der Waals surface area contributed by atoms with Gasteiger partial charge in [-0.15, -0.1) is 0 Å². The molecule has 0 aliphatic rings. The zero-order chi connectivity index (χ0) is 12.8. The predicted octanol–water partition coefficient (Wildman–Crippen LogP) is 4.00. The first-order valence-corrected chi connectivity index (χ1v) is 5.78. The van der Waals surface area contributed by atoms with Crippen molar-refractivity contribution in [3.05, 3.63) is 29.5 Å². The van der Waals surface area contributed by atoms with Crippen molar-refractivity contribution in [2.24, 2.45) is 0 Å². The van der Waals surface area contributed by atoms with Crippen molar-refractivity contribution in [3.63, 3.8) is 0 Å². The highest BCUT2D eigenvalue weighted by atomic mass is 35.6. The minimum atomic E-state index is -2.08. The molecule has 2 aromatic rings. The van der Waals surface area contributed by atoms with Gasteiger partial charge >= 0.3 is 0 Å². The number of aromatic hydroxyl groups is 1. The molecule has 3 nitrogen and oxygen atoms in total. The van der Waals surface area contributed by atoms with Crippen LogP contribution in [-0.2, 0) is 0 Å². The van der Waals surface area contributed by atoms with Gasteiger partial charge in [0.1, 0.15) is 11.3 Å². The van der Waals surface area contributed by atoms with Crippen LogP contribution in [0.1, 0.15) is 16.1 Å². The maximum atomic E-state index is 11.8. The second-order valence-corrected chi connectivity index (χ2v) is 5.81. The Kier molecular flexibility index (Phi) is 3.02. The highest BCUT2D eigenvalue weighted by Gasteiger charge is 2.36. The lowest BCUT2D eigenvalue weighted by Gasteiger charge is -2.06. The summed E-state index contributed by atoms with van der Waals surface area (Å²) in [7, 11) is 0. The standard InChI is InChI=1S/C11H7Cl3O3/c1-5-8-6(15)3-2-4-7(8)17-9(5)10(16)11(12,13)14/h2-4,15H,1H3. The second kappa shape index (κ2) is 4.09. The fraction of sp³-hybridized carbons (Fsp3) is 0.182. The number of carbonyl (C=O) groups is 1. The summed E-state index contributed by atoms with van der Waals surface area (Å²) in [6.07, 6.45) is 0. The van der Waals surface area contributed by atoms with Crippen LogP contribution in [0.25, 0.3) is 11.0 Å². The van der Waals surface area contributed by atoms with E-state index in [2.05, 4.69) is 0 Å². The summed E-state index contributed by atoms with van der Waals surface area (Å²) in [6, 6.07) is 4.72. The highest BCUT2D eigenvalue weighted by Crippen LogP contribution is 2.37. The van der Waals surface area contributed by atoms with Crippen molar-refractivity contribution < 1.29 is 14.3 Å². The Morgan fingerprint density at radius 1 is 1.35 bits per heavy atom. The first-order valence-electron chi connectivity index (χ1n) is 4.65. The summed E-state index contributed by atoms with van der Waals surface area (Å²) < 4.78 is 3.23. The summed E-state index contributed by atoms with van der Waals surface area (Å²) in [6.45, 7) is 1.62. The summed E-state index contributed by atoms with van der Waals surface area (Å²) >= 11 is 16.5. The van der Waals surface area contributed by atoms with Crippen LogP contribution >= 0.6 is 34.8 Å². The number of Topliss-reactive ketones (excluding diaryl/α,β-unsaturated/α-hetero) is 1. The largest absolute Gasteiger partial charge is 0.507 e. The molecule has 2 rings (SSSR count). The van der Waals surface area contributed by atoms with Crippen LogP contribution < -0.4 is 0 Å². The van der Waals surface area contributed by atoms with Crippen molar-refractivity contribution in [1.82, 2.24) is 0 Å². The molecule has 17 heavy (non-hydrogen) atoms. The smallest absolute Gasteiger partial charge is 0.256 e. The number of phenolic OH excluding ortho intramolecular Hbond substituents is 1. The summed E-state index contributed by atoms with van der Waals surface area (Å²) in [5, 5.41) is 10.1. The normalized spacial score (nSPS) is 12.0. The molecular formula is C11H7Cl3O3. The van der Waals surface area contributed by atoms with Gasteiger partial charge in [-0.05, 0) is 19.1 Å². The van der Waals surface area contributed by atoms with E-state index in [1.54, 1.807) is 19.1 Å². The maximum Gasteiger partial charge on any atom is 0.256 e. The van der Waals surface area contributed by atoms with Gasteiger partial charge in [0.25, 0.3) is 3.79 Å². The van der Waals surface area contributed by atoms with Gasteiger partial charge in [0, 0.05) is 5.56 Å². The van der Waals surface area contributed by atoms with E-state index in [1.165, 1.54) is 6.07 Å². The summed E-state index contributed by atoms with van der Waals surface area (Å²) in [4.78, 5) is 11.8. The van der Waals surface area contributed by atoms with E-state index >= 15 is 0 Å². The fourth-order valence-electron chi connectivity index (χ4n) is 1.63. The van der Waals surface area contributed by atoms with Gasteiger partial charge in [-0.3, -0.25) is 4.79 Å². The number of hydrogen-bond donors (Lipinski definition) is 1. The number of aryl methyl sites for hydroxylation is 1. The van der Waals surface area contributed by atoms with E-state index in [0.29, 0.717) is 16.5 Å². The number of ketones is 1. The Hall–Kier alpha value is -0.900. The molecule has 1 N–H and O–H groups in total. The molecule has 0 atom stereocenters. The van der Waals surface area contributed by atoms with E-state index in [9.17, 15) is 9.90 Å². The van der Waals surface area contributed by atoms with E-state index in [4.69, 9.17) is 39.2 Å². The van der Waals surface area contributed by atoms with Crippen LogP contribution in [0.15, 0.2) is 22.6 Å². The van der Waals surface area contributed by atoms with Gasteiger partial charge in [0.15, 0.2) is 5.76 Å². The van der Waals surface area contributed by atoms with Crippen molar-refractivity contribution in [3.8, 4) is 5.75 Å². The Bertz CT molecular complexity index is 596. The van der Waals surface area contributed by atoms with Crippen molar-refractivity contribution in [2.75, 3.05) is 0 Å². The van der Waals surface area contributed by atoms with Gasteiger partial charge in [-0.1, -0.05) is 40.9 Å². The topological polar surface area (TPSA) is 50.4 Å². The number of hydrogen-bond acceptors (Lipinski definition) is 3. The number of phenols is 1. The third-order valence-electron chi connectivity index (χ3n) is 2.40. The average molecular weight is 294 g/mol. The fourth-order valence-corrected chi connectivity index (χ4v) is 1.88. The lowest BCUT2D eigenvalue weighted by molar-refractivity contribution is 0.0971. The Morgan fingerprint density at radius 2 is 2.00 bits per heavy atom. The van der Waals surface area contributed by atoms with Crippen LogP contribution in [-0.4, -0.2) is 14.7 Å². The second-order valence-electron chi connectivity index (χ2n) is 3.53. The highest BCUT2D eigenvalue weighted by molar-refractivity contribution is 6.77. The lowest BCUT2D eigenvalue weighted by Crippen LogP contribution is -2.18. The van der Waals surface area contributed by atoms with Gasteiger partial charge in [-0.2, -0.15) is 0 Å². The first kappa shape index (κ1) is 12.6. The minimum Gasteiger partial charge on any atom is -0.507 e. The van der Waals surface area contributed by atoms with Crippen LogP contribution in [0.5, 0.6) is 5.75 Å². The minimum absolute atomic E-state index is 0.0205. The third kappa shape index (κ3) is 2.10. The number of carbonyl (C=O) groups excluding carboxylic acids is 1. The Labute approximate surface area is 112 Å². The van der Waals surface area contributed by atoms with E-state index in [1.807, 2.05) is 0 Å². The molecule has 0 fully saturated rings. The van der Waals surface area contributed by atoms with Gasteiger partial charge < -0.3 is 9.52 Å². The van der Waals surface area contributed by atoms with Crippen LogP contribution in [0.3, 0.4) is 0 Å². The molecule has 0 unspecified atom stereocenters. The molecule has 0 aliphatic heterocycles. The number of rotatable bonds is 1. The molecule has 0 amide bonds. The van der Waals surface area contributed by atoms with Gasteiger partial charge in [0.05, 0.1) is 5.39 Å². The molecule has 0 saturated heterocycles.